The fourth-order valence-electron chi connectivity index (χ4n) is 2.12. The molecule has 0 saturated carbocycles. The topological polar surface area (TPSA) is 77.0 Å². The molecule has 0 aliphatic carbocycles. The van der Waals surface area contributed by atoms with Gasteiger partial charge in [-0.2, -0.15) is 0 Å². The molecule has 1 heterocycles. The van der Waals surface area contributed by atoms with Crippen molar-refractivity contribution < 1.29 is 20.4 Å². The third kappa shape index (κ3) is 2.97. The molecule has 3 N–H and O–H groups in total. The first-order valence-electron chi connectivity index (χ1n) is 5.95. The number of benzene rings is 1. The number of carbonyl (C=O) groups is 1. The molecule has 2 rings (SSSR count). The van der Waals surface area contributed by atoms with Crippen LogP contribution >= 0.6 is 0 Å². The van der Waals surface area contributed by atoms with Crippen molar-refractivity contribution in [1.82, 2.24) is 0 Å². The number of rotatable bonds is 5. The van der Waals surface area contributed by atoms with Crippen LogP contribution in [0, 0.1) is 0 Å². The van der Waals surface area contributed by atoms with Crippen LogP contribution in [0.2, 0.25) is 0 Å². The first kappa shape index (κ1) is 11.9. The maximum Gasteiger partial charge on any atom is 0.122 e. The fraction of sp³-hybridized carbons (Fsp3) is 0.462. The van der Waals surface area contributed by atoms with Crippen LogP contribution < -0.4 is 15.6 Å². The van der Waals surface area contributed by atoms with Gasteiger partial charge >= 0.3 is 0 Å². The summed E-state index contributed by atoms with van der Waals surface area (Å²) in [6, 6.07) is 6.26. The molecule has 4 nitrogen and oxygen atoms in total. The molecule has 0 amide bonds. The Morgan fingerprint density at radius 3 is 3.12 bits per heavy atom. The van der Waals surface area contributed by atoms with E-state index in [4.69, 9.17) is 4.74 Å². The monoisotopic (exact) mass is 235 g/mol. The Balaban J connectivity index is 1.95. The number of carboxylic acid groups (broad SMARTS) is 1. The number of carboxylic acids is 1. The van der Waals surface area contributed by atoms with Crippen LogP contribution in [0.25, 0.3) is 0 Å². The summed E-state index contributed by atoms with van der Waals surface area (Å²) in [6.45, 7) is 0.755. The predicted molar refractivity (Wildman–Crippen MR) is 60.1 cm³/mol. The summed E-state index contributed by atoms with van der Waals surface area (Å²) in [5.41, 5.74) is 6.47. The second kappa shape index (κ2) is 5.19. The maximum atomic E-state index is 10.3. The van der Waals surface area contributed by atoms with Gasteiger partial charge in [-0.1, -0.05) is 0 Å². The summed E-state index contributed by atoms with van der Waals surface area (Å²) < 4.78 is 5.44. The van der Waals surface area contributed by atoms with Crippen LogP contribution in [0.5, 0.6) is 5.75 Å². The van der Waals surface area contributed by atoms with Crippen molar-refractivity contribution in [2.75, 3.05) is 6.61 Å². The van der Waals surface area contributed by atoms with Gasteiger partial charge in [-0.25, -0.2) is 0 Å². The quantitative estimate of drug-likeness (QED) is 0.769. The Kier molecular flexibility index (Phi) is 3.64. The molecule has 1 aromatic carbocycles. The molecule has 0 bridgehead atoms. The highest BCUT2D eigenvalue weighted by Gasteiger charge is 2.16. The van der Waals surface area contributed by atoms with Gasteiger partial charge in [-0.15, -0.1) is 0 Å². The molecule has 1 aromatic rings. The highest BCUT2D eigenvalue weighted by atomic mass is 16.5. The largest absolute Gasteiger partial charge is 0.550 e. The number of ether oxygens (including phenoxy) is 1. The van der Waals surface area contributed by atoms with E-state index in [0.29, 0.717) is 6.42 Å². The first-order valence-corrected chi connectivity index (χ1v) is 5.95. The summed E-state index contributed by atoms with van der Waals surface area (Å²) in [5, 5.41) is 10.3. The average Bonchev–Trinajstić information content (AvgIpc) is 2.75. The second-order valence-corrected chi connectivity index (χ2v) is 4.43. The fourth-order valence-corrected chi connectivity index (χ4v) is 2.12. The second-order valence-electron chi connectivity index (χ2n) is 4.43. The normalized spacial score (nSPS) is 15.1. The minimum Gasteiger partial charge on any atom is -0.550 e. The lowest BCUT2D eigenvalue weighted by atomic mass is 9.99. The lowest BCUT2D eigenvalue weighted by Crippen LogP contribution is -2.53. The van der Waals surface area contributed by atoms with Crippen molar-refractivity contribution in [1.29, 1.82) is 0 Å². The van der Waals surface area contributed by atoms with Crippen LogP contribution in [-0.4, -0.2) is 12.6 Å². The summed E-state index contributed by atoms with van der Waals surface area (Å²) in [4.78, 5) is 10.3. The minimum absolute atomic E-state index is 0.111. The van der Waals surface area contributed by atoms with Crippen molar-refractivity contribution in [3.8, 4) is 5.75 Å². The Morgan fingerprint density at radius 1 is 1.53 bits per heavy atom. The van der Waals surface area contributed by atoms with E-state index in [1.807, 2.05) is 12.1 Å². The Bertz CT molecular complexity index is 417. The van der Waals surface area contributed by atoms with Gasteiger partial charge in [0.2, 0.25) is 0 Å². The van der Waals surface area contributed by atoms with Crippen LogP contribution in [0.15, 0.2) is 18.2 Å². The van der Waals surface area contributed by atoms with Crippen LogP contribution in [0.1, 0.15) is 36.4 Å². The van der Waals surface area contributed by atoms with Gasteiger partial charge in [-0.3, -0.25) is 0 Å². The molecule has 0 unspecified atom stereocenters. The number of hydrogen-bond acceptors (Lipinski definition) is 3. The SMILES string of the molecule is [NH3+][C@@H](CCCC(=O)[O-])c1ccc2c(c1)CCO2. The van der Waals surface area contributed by atoms with Gasteiger partial charge in [0.25, 0.3) is 0 Å². The zero-order valence-corrected chi connectivity index (χ0v) is 9.78. The van der Waals surface area contributed by atoms with Crippen LogP contribution in [0.3, 0.4) is 0 Å². The third-order valence-electron chi connectivity index (χ3n) is 3.12. The van der Waals surface area contributed by atoms with Gasteiger partial charge in [-0.05, 0) is 36.6 Å². The van der Waals surface area contributed by atoms with E-state index in [9.17, 15) is 9.90 Å². The van der Waals surface area contributed by atoms with E-state index >= 15 is 0 Å². The summed E-state index contributed by atoms with van der Waals surface area (Å²) in [5.74, 6) is -0.0183. The molecule has 0 radical (unpaired) electrons. The molecule has 1 aliphatic heterocycles. The molecular weight excluding hydrogens is 218 g/mol. The average molecular weight is 235 g/mol. The highest BCUT2D eigenvalue weighted by Crippen LogP contribution is 2.28. The van der Waals surface area contributed by atoms with Gasteiger partial charge in [0.05, 0.1) is 6.61 Å². The van der Waals surface area contributed by atoms with Gasteiger partial charge in [0.1, 0.15) is 11.8 Å². The molecule has 4 heteroatoms. The summed E-state index contributed by atoms with van der Waals surface area (Å²) >= 11 is 0. The van der Waals surface area contributed by atoms with Crippen molar-refractivity contribution in [3.63, 3.8) is 0 Å². The molecular formula is C13H17NO3. The van der Waals surface area contributed by atoms with E-state index in [1.165, 1.54) is 5.56 Å². The standard InChI is InChI=1S/C13H17NO3/c14-11(2-1-3-13(15)16)9-4-5-12-10(8-9)6-7-17-12/h4-5,8,11H,1-3,6-7,14H2,(H,15,16)/t11-/m0/s1. The Hall–Kier alpha value is -1.55. The van der Waals surface area contributed by atoms with Gasteiger partial charge < -0.3 is 20.4 Å². The molecule has 1 atom stereocenters. The van der Waals surface area contributed by atoms with E-state index in [-0.39, 0.29) is 12.5 Å². The van der Waals surface area contributed by atoms with Gasteiger partial charge in [0, 0.05) is 24.4 Å². The lowest BCUT2D eigenvalue weighted by molar-refractivity contribution is -0.428. The number of aliphatic carboxylic acids is 1. The molecule has 17 heavy (non-hydrogen) atoms. The highest BCUT2D eigenvalue weighted by molar-refractivity contribution is 5.64. The van der Waals surface area contributed by atoms with Crippen LogP contribution in [-0.2, 0) is 11.2 Å². The first-order chi connectivity index (χ1) is 8.16. The van der Waals surface area contributed by atoms with Crippen LogP contribution in [0.4, 0.5) is 0 Å². The molecule has 0 spiro atoms. The lowest BCUT2D eigenvalue weighted by Gasteiger charge is -2.10. The summed E-state index contributed by atoms with van der Waals surface area (Å²) in [7, 11) is 0. The molecule has 0 fully saturated rings. The van der Waals surface area contributed by atoms with Gasteiger partial charge in [0.15, 0.2) is 0 Å². The van der Waals surface area contributed by atoms with E-state index < -0.39 is 5.97 Å². The van der Waals surface area contributed by atoms with Crippen molar-refractivity contribution >= 4 is 5.97 Å². The number of carbonyl (C=O) groups excluding carboxylic acids is 1. The molecule has 0 saturated heterocycles. The summed E-state index contributed by atoms with van der Waals surface area (Å²) in [6.07, 6.45) is 2.45. The number of quaternary nitrogens is 1. The van der Waals surface area contributed by atoms with E-state index in [1.54, 1.807) is 0 Å². The van der Waals surface area contributed by atoms with Crippen molar-refractivity contribution in [2.45, 2.75) is 31.7 Å². The van der Waals surface area contributed by atoms with Crippen molar-refractivity contribution in [3.05, 3.63) is 29.3 Å². The van der Waals surface area contributed by atoms with Crippen molar-refractivity contribution in [2.24, 2.45) is 0 Å². The maximum absolute atomic E-state index is 10.3. The number of fused-ring (bicyclic) bond motifs is 1. The molecule has 1 aliphatic rings. The Morgan fingerprint density at radius 2 is 2.35 bits per heavy atom. The molecule has 92 valence electrons. The molecule has 0 aromatic heterocycles. The predicted octanol–water partition coefficient (Wildman–Crippen LogP) is -0.175. The minimum atomic E-state index is -0.987. The number of hydrogen-bond donors (Lipinski definition) is 1. The Labute approximate surface area is 100 Å². The third-order valence-corrected chi connectivity index (χ3v) is 3.12. The zero-order chi connectivity index (χ0) is 12.3. The smallest absolute Gasteiger partial charge is 0.122 e. The van der Waals surface area contributed by atoms with E-state index in [0.717, 1.165) is 30.8 Å². The van der Waals surface area contributed by atoms with E-state index in [2.05, 4.69) is 11.8 Å². The zero-order valence-electron chi connectivity index (χ0n) is 9.78.